The Bertz CT molecular complexity index is 542. The van der Waals surface area contributed by atoms with Crippen molar-refractivity contribution in [3.8, 4) is 12.1 Å². The smallest absolute Gasteiger partial charge is 0.130 e. The van der Waals surface area contributed by atoms with Gasteiger partial charge in [-0.05, 0) is 36.6 Å². The second-order valence-electron chi connectivity index (χ2n) is 4.47. The van der Waals surface area contributed by atoms with Gasteiger partial charge in [0.2, 0.25) is 0 Å². The molecule has 4 heteroatoms. The lowest BCUT2D eigenvalue weighted by Crippen LogP contribution is -2.24. The third-order valence-corrected chi connectivity index (χ3v) is 3.20. The van der Waals surface area contributed by atoms with Gasteiger partial charge in [-0.3, -0.25) is 0 Å². The van der Waals surface area contributed by atoms with Gasteiger partial charge >= 0.3 is 0 Å². The molecule has 1 rings (SSSR count). The molecule has 20 heavy (non-hydrogen) atoms. The van der Waals surface area contributed by atoms with Crippen LogP contribution in [0.3, 0.4) is 0 Å². The molecule has 1 aromatic carbocycles. The average molecular weight is 288 g/mol. The van der Waals surface area contributed by atoms with E-state index in [1.807, 2.05) is 30.3 Å². The fourth-order valence-corrected chi connectivity index (χ4v) is 2.21. The zero-order chi connectivity index (χ0) is 15.0. The topological polar surface area (TPSA) is 50.8 Å². The number of hydrogen-bond donors (Lipinski definition) is 0. The lowest BCUT2D eigenvalue weighted by Gasteiger charge is -2.24. The monoisotopic (exact) mass is 287 g/mol. The van der Waals surface area contributed by atoms with Gasteiger partial charge in [-0.2, -0.15) is 10.5 Å². The molecule has 0 saturated heterocycles. The van der Waals surface area contributed by atoms with Crippen LogP contribution in [-0.4, -0.2) is 13.1 Å². The molecule has 0 aliphatic heterocycles. The van der Waals surface area contributed by atoms with E-state index in [0.29, 0.717) is 10.6 Å². The Morgan fingerprint density at radius 3 is 2.25 bits per heavy atom. The number of benzene rings is 1. The van der Waals surface area contributed by atoms with Gasteiger partial charge in [-0.15, -0.1) is 0 Å². The molecule has 0 fully saturated rings. The van der Waals surface area contributed by atoms with Gasteiger partial charge in [-0.1, -0.05) is 31.5 Å². The van der Waals surface area contributed by atoms with E-state index in [-0.39, 0.29) is 5.57 Å². The molecular weight excluding hydrogens is 270 g/mol. The average Bonchev–Trinajstić information content (AvgIpc) is 2.46. The van der Waals surface area contributed by atoms with Crippen LogP contribution in [0.1, 0.15) is 32.3 Å². The second-order valence-corrected chi connectivity index (χ2v) is 4.88. The van der Waals surface area contributed by atoms with Crippen LogP contribution in [0.2, 0.25) is 5.02 Å². The van der Waals surface area contributed by atoms with Crippen molar-refractivity contribution in [1.82, 2.24) is 0 Å². The highest BCUT2D eigenvalue weighted by atomic mass is 35.5. The van der Waals surface area contributed by atoms with Crippen molar-refractivity contribution < 1.29 is 0 Å². The summed E-state index contributed by atoms with van der Waals surface area (Å²) in [4.78, 5) is 2.29. The predicted molar refractivity (Wildman–Crippen MR) is 83.5 cm³/mol. The SMILES string of the molecule is CCCN(CCC)c1ccc(C=C(C#N)C#N)c(Cl)c1. The summed E-state index contributed by atoms with van der Waals surface area (Å²) in [5.74, 6) is 0. The van der Waals surface area contributed by atoms with Crippen molar-refractivity contribution in [2.24, 2.45) is 0 Å². The van der Waals surface area contributed by atoms with Gasteiger partial charge in [-0.25, -0.2) is 0 Å². The molecule has 0 N–H and O–H groups in total. The van der Waals surface area contributed by atoms with Crippen LogP contribution in [0.15, 0.2) is 23.8 Å². The molecule has 0 atom stereocenters. The molecular formula is C16H18ClN3. The fraction of sp³-hybridized carbons (Fsp3) is 0.375. The first-order valence-electron chi connectivity index (χ1n) is 6.72. The molecule has 3 nitrogen and oxygen atoms in total. The maximum Gasteiger partial charge on any atom is 0.130 e. The minimum absolute atomic E-state index is 0.0543. The summed E-state index contributed by atoms with van der Waals surface area (Å²) in [6.07, 6.45) is 3.66. The van der Waals surface area contributed by atoms with Crippen LogP contribution in [-0.2, 0) is 0 Å². The van der Waals surface area contributed by atoms with Gasteiger partial charge in [0, 0.05) is 23.8 Å². The summed E-state index contributed by atoms with van der Waals surface area (Å²) < 4.78 is 0. The van der Waals surface area contributed by atoms with E-state index in [9.17, 15) is 0 Å². The number of nitriles is 2. The highest BCUT2D eigenvalue weighted by Gasteiger charge is 2.07. The van der Waals surface area contributed by atoms with Crippen molar-refractivity contribution in [3.63, 3.8) is 0 Å². The Balaban J connectivity index is 3.07. The first-order chi connectivity index (χ1) is 9.65. The van der Waals surface area contributed by atoms with E-state index in [4.69, 9.17) is 22.1 Å². The highest BCUT2D eigenvalue weighted by molar-refractivity contribution is 6.32. The summed E-state index contributed by atoms with van der Waals surface area (Å²) in [6.45, 7) is 6.27. The molecule has 0 amide bonds. The van der Waals surface area contributed by atoms with E-state index in [1.165, 1.54) is 6.08 Å². The summed E-state index contributed by atoms with van der Waals surface area (Å²) in [6, 6.07) is 9.40. The molecule has 0 bridgehead atoms. The van der Waals surface area contributed by atoms with E-state index < -0.39 is 0 Å². The molecule has 0 aliphatic rings. The molecule has 0 spiro atoms. The zero-order valence-corrected chi connectivity index (χ0v) is 12.6. The standard InChI is InChI=1S/C16H18ClN3/c1-3-7-20(8-4-2)15-6-5-14(16(17)10-15)9-13(11-18)12-19/h5-6,9-10H,3-4,7-8H2,1-2H3. The quantitative estimate of drug-likeness (QED) is 0.729. The number of nitrogens with zero attached hydrogens (tertiary/aromatic N) is 3. The van der Waals surface area contributed by atoms with Gasteiger partial charge in [0.05, 0.1) is 0 Å². The first-order valence-corrected chi connectivity index (χ1v) is 7.10. The molecule has 0 aromatic heterocycles. The minimum Gasteiger partial charge on any atom is -0.372 e. The van der Waals surface area contributed by atoms with Gasteiger partial charge in [0.1, 0.15) is 17.7 Å². The van der Waals surface area contributed by atoms with Gasteiger partial charge in [0.25, 0.3) is 0 Å². The molecule has 0 radical (unpaired) electrons. The first kappa shape index (κ1) is 16.1. The Hall–Kier alpha value is -1.97. The number of hydrogen-bond acceptors (Lipinski definition) is 3. The Morgan fingerprint density at radius 2 is 1.80 bits per heavy atom. The summed E-state index contributed by atoms with van der Waals surface area (Å²) in [5.41, 5.74) is 1.83. The predicted octanol–water partition coefficient (Wildman–Crippen LogP) is 4.40. The van der Waals surface area contributed by atoms with Crippen molar-refractivity contribution in [3.05, 3.63) is 34.4 Å². The minimum atomic E-state index is 0.0543. The molecule has 1 aromatic rings. The number of halogens is 1. The molecule has 104 valence electrons. The van der Waals surface area contributed by atoms with Crippen LogP contribution in [0.4, 0.5) is 5.69 Å². The Labute approximate surface area is 125 Å². The van der Waals surface area contributed by atoms with E-state index >= 15 is 0 Å². The maximum absolute atomic E-state index is 8.77. The third-order valence-electron chi connectivity index (χ3n) is 2.88. The molecule has 0 saturated carbocycles. The molecule has 0 aliphatic carbocycles. The van der Waals surface area contributed by atoms with E-state index in [1.54, 1.807) is 0 Å². The summed E-state index contributed by atoms with van der Waals surface area (Å²) in [7, 11) is 0. The van der Waals surface area contributed by atoms with Crippen LogP contribution in [0.5, 0.6) is 0 Å². The third kappa shape index (κ3) is 4.30. The maximum atomic E-state index is 8.77. The molecule has 0 unspecified atom stereocenters. The second kappa shape index (κ2) is 8.25. The lowest BCUT2D eigenvalue weighted by atomic mass is 10.1. The number of allylic oxidation sites excluding steroid dienone is 1. The van der Waals surface area contributed by atoms with Crippen molar-refractivity contribution in [1.29, 1.82) is 10.5 Å². The van der Waals surface area contributed by atoms with Gasteiger partial charge in [0.15, 0.2) is 0 Å². The Morgan fingerprint density at radius 1 is 1.20 bits per heavy atom. The fourth-order valence-electron chi connectivity index (χ4n) is 1.98. The highest BCUT2D eigenvalue weighted by Crippen LogP contribution is 2.25. The van der Waals surface area contributed by atoms with Gasteiger partial charge < -0.3 is 4.90 Å². The zero-order valence-electron chi connectivity index (χ0n) is 11.9. The van der Waals surface area contributed by atoms with Crippen LogP contribution < -0.4 is 4.90 Å². The van der Waals surface area contributed by atoms with Crippen LogP contribution >= 0.6 is 11.6 Å². The van der Waals surface area contributed by atoms with Crippen molar-refractivity contribution in [2.75, 3.05) is 18.0 Å². The number of anilines is 1. The van der Waals surface area contributed by atoms with Crippen LogP contribution in [0, 0.1) is 22.7 Å². The lowest BCUT2D eigenvalue weighted by molar-refractivity contribution is 0.745. The normalized spacial score (nSPS) is 9.45. The van der Waals surface area contributed by atoms with E-state index in [2.05, 4.69) is 18.7 Å². The van der Waals surface area contributed by atoms with E-state index in [0.717, 1.165) is 31.6 Å². The number of rotatable bonds is 6. The summed E-state index contributed by atoms with van der Waals surface area (Å²) in [5, 5.41) is 18.1. The largest absolute Gasteiger partial charge is 0.372 e. The molecule has 0 heterocycles. The van der Waals surface area contributed by atoms with Crippen molar-refractivity contribution >= 4 is 23.4 Å². The summed E-state index contributed by atoms with van der Waals surface area (Å²) >= 11 is 6.24. The Kier molecular flexibility index (Phi) is 6.64. The van der Waals surface area contributed by atoms with Crippen LogP contribution in [0.25, 0.3) is 6.08 Å². The van der Waals surface area contributed by atoms with Crippen molar-refractivity contribution in [2.45, 2.75) is 26.7 Å².